The molecule has 0 unspecified atom stereocenters. The lowest BCUT2D eigenvalue weighted by atomic mass is 9.57. The van der Waals surface area contributed by atoms with Crippen molar-refractivity contribution >= 4 is 34.8 Å². The molecule has 1 aromatic rings. The second-order valence-electron chi connectivity index (χ2n) is 8.63. The molecule has 5 atom stereocenters. The molecule has 3 aliphatic carbocycles. The van der Waals surface area contributed by atoms with Crippen molar-refractivity contribution < 1.29 is 45.0 Å². The van der Waals surface area contributed by atoms with Crippen molar-refractivity contribution in [3.63, 3.8) is 0 Å². The van der Waals surface area contributed by atoms with Crippen molar-refractivity contribution in [3.05, 3.63) is 39.1 Å². The number of hydrogen-bond donors (Lipinski definition) is 7. The number of ketones is 2. The van der Waals surface area contributed by atoms with Crippen LogP contribution in [0.15, 0.2) is 23.0 Å². The molecule has 1 aromatic carbocycles. The number of aliphatic hydroxyl groups is 4. The Bertz CT molecular complexity index is 1200. The van der Waals surface area contributed by atoms with E-state index in [1.165, 1.54) is 19.0 Å². The van der Waals surface area contributed by atoms with Crippen molar-refractivity contribution in [1.82, 2.24) is 4.90 Å². The summed E-state index contributed by atoms with van der Waals surface area (Å²) < 4.78 is 0. The van der Waals surface area contributed by atoms with Crippen molar-refractivity contribution in [3.8, 4) is 11.5 Å². The highest BCUT2D eigenvalue weighted by Crippen LogP contribution is 2.57. The fraction of sp³-hybridized carbons (Fsp3) is 0.381. The molecule has 1 fully saturated rings. The molecule has 33 heavy (non-hydrogen) atoms. The number of carbonyl (C=O) groups is 3. The summed E-state index contributed by atoms with van der Waals surface area (Å²) in [5, 5.41) is 64.1. The molecular weight excluding hydrogens is 460 g/mol. The summed E-state index contributed by atoms with van der Waals surface area (Å²) >= 11 is 6.13. The van der Waals surface area contributed by atoms with Gasteiger partial charge in [0.15, 0.2) is 22.9 Å². The van der Waals surface area contributed by atoms with Crippen LogP contribution in [0.4, 0.5) is 0 Å². The highest BCUT2D eigenvalue weighted by atomic mass is 35.5. The number of phenols is 2. The van der Waals surface area contributed by atoms with Crippen molar-refractivity contribution in [2.24, 2.45) is 17.6 Å². The summed E-state index contributed by atoms with van der Waals surface area (Å²) in [5.41, 5.74) is 0.234. The fourth-order valence-electron chi connectivity index (χ4n) is 5.29. The molecule has 176 valence electrons. The molecule has 0 saturated heterocycles. The van der Waals surface area contributed by atoms with Crippen LogP contribution >= 0.6 is 11.6 Å². The number of aliphatic hydroxyl groups excluding tert-OH is 3. The largest absolute Gasteiger partial charge is 0.508 e. The number of amides is 1. The predicted octanol–water partition coefficient (Wildman–Crippen LogP) is -0.186. The topological polar surface area (TPSA) is 202 Å². The molecule has 0 radical (unpaired) electrons. The molecule has 4 rings (SSSR count). The smallest absolute Gasteiger partial charge is 0.255 e. The Morgan fingerprint density at radius 3 is 2.36 bits per heavy atom. The lowest BCUT2D eigenvalue weighted by Gasteiger charge is -2.51. The standard InChI is InChI=1S/C21H21ClN2O9/c1-24(2)13-6-3-5-9(18(30)21(6,33)19(31)12(17(13)29)20(23)32)16(28)11-10(14(5)26)7(22)4-8(25)15(11)27/h4-6,13-14,25-28,31,33H,3H2,1-2H3,(H2,23,32)/t5-,6-,13-,14-,21-/m0/s1. The van der Waals surface area contributed by atoms with Gasteiger partial charge in [0.25, 0.3) is 5.91 Å². The normalized spacial score (nSPS) is 31.5. The molecule has 1 saturated carbocycles. The van der Waals surface area contributed by atoms with Crippen molar-refractivity contribution in [2.45, 2.75) is 24.2 Å². The van der Waals surface area contributed by atoms with Gasteiger partial charge in [-0.05, 0) is 20.5 Å². The maximum Gasteiger partial charge on any atom is 0.255 e. The molecule has 0 spiro atoms. The first-order chi connectivity index (χ1) is 15.3. The number of aromatic hydroxyl groups is 2. The molecule has 11 nitrogen and oxygen atoms in total. The van der Waals surface area contributed by atoms with Gasteiger partial charge in [-0.2, -0.15) is 0 Å². The van der Waals surface area contributed by atoms with Gasteiger partial charge in [-0.3, -0.25) is 19.3 Å². The Labute approximate surface area is 191 Å². The van der Waals surface area contributed by atoms with Crippen LogP contribution < -0.4 is 5.73 Å². The second-order valence-corrected chi connectivity index (χ2v) is 9.03. The quantitative estimate of drug-likeness (QED) is 0.219. The van der Waals surface area contributed by atoms with E-state index in [9.17, 15) is 45.0 Å². The van der Waals surface area contributed by atoms with E-state index in [0.29, 0.717) is 0 Å². The molecule has 1 amide bonds. The maximum absolute atomic E-state index is 13.6. The van der Waals surface area contributed by atoms with Crippen LogP contribution in [0.2, 0.25) is 5.02 Å². The zero-order valence-electron chi connectivity index (χ0n) is 17.4. The first-order valence-corrected chi connectivity index (χ1v) is 10.2. The number of Topliss-reactive ketones (excluding diaryl/α,β-unsaturated/α-hetero) is 2. The first-order valence-electron chi connectivity index (χ1n) is 9.83. The zero-order valence-corrected chi connectivity index (χ0v) is 18.2. The van der Waals surface area contributed by atoms with Gasteiger partial charge in [-0.15, -0.1) is 0 Å². The Morgan fingerprint density at radius 1 is 1.21 bits per heavy atom. The van der Waals surface area contributed by atoms with Gasteiger partial charge < -0.3 is 36.4 Å². The SMILES string of the molecule is CN(C)[C@@H]1C(=O)C(C(N)=O)=C(O)[C@@]2(O)C(=O)C3=C(O)c4c(O)c(O)cc(Cl)c4[C@@H](O)[C@H]3C[C@@H]12. The third-order valence-electron chi connectivity index (χ3n) is 6.74. The Kier molecular flexibility index (Phi) is 5.02. The number of nitrogens with zero attached hydrogens (tertiary/aromatic N) is 1. The fourth-order valence-corrected chi connectivity index (χ4v) is 5.60. The van der Waals surface area contributed by atoms with E-state index in [4.69, 9.17) is 17.3 Å². The van der Waals surface area contributed by atoms with E-state index in [1.807, 2.05) is 0 Å². The number of nitrogens with two attached hydrogens (primary N) is 1. The predicted molar refractivity (Wildman–Crippen MR) is 112 cm³/mol. The van der Waals surface area contributed by atoms with Crippen LogP contribution in [0.1, 0.15) is 23.7 Å². The van der Waals surface area contributed by atoms with Crippen LogP contribution in [-0.4, -0.2) is 78.8 Å². The molecule has 8 N–H and O–H groups in total. The number of primary amides is 1. The Morgan fingerprint density at radius 2 is 1.82 bits per heavy atom. The van der Waals surface area contributed by atoms with Crippen LogP contribution in [-0.2, 0) is 14.4 Å². The van der Waals surface area contributed by atoms with E-state index in [1.54, 1.807) is 0 Å². The molecular formula is C21H21ClN2O9. The monoisotopic (exact) mass is 480 g/mol. The average Bonchev–Trinajstić information content (AvgIpc) is 2.70. The average molecular weight is 481 g/mol. The summed E-state index contributed by atoms with van der Waals surface area (Å²) in [6, 6.07) is -0.322. The number of likely N-dealkylation sites (N-methyl/N-ethyl adjacent to an activating group) is 1. The molecule has 0 heterocycles. The third-order valence-corrected chi connectivity index (χ3v) is 7.05. The number of rotatable bonds is 2. The summed E-state index contributed by atoms with van der Waals surface area (Å²) in [5.74, 6) is -9.80. The number of phenolic OH excluding ortho intramolecular Hbond substituents is 2. The van der Waals surface area contributed by atoms with Crippen LogP contribution in [0.3, 0.4) is 0 Å². The maximum atomic E-state index is 13.6. The van der Waals surface area contributed by atoms with Gasteiger partial charge >= 0.3 is 0 Å². The number of halogens is 1. The minimum Gasteiger partial charge on any atom is -0.508 e. The molecule has 0 aromatic heterocycles. The van der Waals surface area contributed by atoms with E-state index in [-0.39, 0.29) is 17.0 Å². The Balaban J connectivity index is 2.04. The molecule has 3 aliphatic rings. The minimum absolute atomic E-state index is 0.155. The van der Waals surface area contributed by atoms with Crippen LogP contribution in [0.25, 0.3) is 5.76 Å². The third kappa shape index (κ3) is 2.76. The molecule has 0 bridgehead atoms. The number of fused-ring (bicyclic) bond motifs is 3. The van der Waals surface area contributed by atoms with E-state index in [0.717, 1.165) is 6.07 Å². The molecule has 12 heteroatoms. The van der Waals surface area contributed by atoms with Crippen molar-refractivity contribution in [1.29, 1.82) is 0 Å². The zero-order chi connectivity index (χ0) is 24.7. The van der Waals surface area contributed by atoms with E-state index in [2.05, 4.69) is 0 Å². The number of carbonyl (C=O) groups excluding carboxylic acids is 3. The van der Waals surface area contributed by atoms with E-state index < -0.39 is 86.8 Å². The summed E-state index contributed by atoms with van der Waals surface area (Å²) in [6.07, 6.45) is -1.88. The van der Waals surface area contributed by atoms with Gasteiger partial charge in [0.1, 0.15) is 17.1 Å². The highest BCUT2D eigenvalue weighted by Gasteiger charge is 2.65. The lowest BCUT2D eigenvalue weighted by Crippen LogP contribution is -2.66. The van der Waals surface area contributed by atoms with Gasteiger partial charge in [0, 0.05) is 29.0 Å². The lowest BCUT2D eigenvalue weighted by molar-refractivity contribution is -0.155. The summed E-state index contributed by atoms with van der Waals surface area (Å²) in [4.78, 5) is 39.8. The van der Waals surface area contributed by atoms with Crippen molar-refractivity contribution in [2.75, 3.05) is 14.1 Å². The first kappa shape index (κ1) is 23.1. The van der Waals surface area contributed by atoms with Crippen LogP contribution in [0.5, 0.6) is 11.5 Å². The summed E-state index contributed by atoms with van der Waals surface area (Å²) in [7, 11) is 2.92. The second kappa shape index (κ2) is 7.19. The van der Waals surface area contributed by atoms with Crippen LogP contribution in [0, 0.1) is 11.8 Å². The molecule has 0 aliphatic heterocycles. The highest BCUT2D eigenvalue weighted by molar-refractivity contribution is 6.32. The van der Waals surface area contributed by atoms with Gasteiger partial charge in [-0.25, -0.2) is 0 Å². The van der Waals surface area contributed by atoms with Gasteiger partial charge in [0.05, 0.1) is 22.7 Å². The number of benzene rings is 1. The summed E-state index contributed by atoms with van der Waals surface area (Å²) in [6.45, 7) is 0. The Hall–Kier alpha value is -3.12. The minimum atomic E-state index is -2.83. The van der Waals surface area contributed by atoms with E-state index >= 15 is 0 Å². The number of hydrogen-bond acceptors (Lipinski definition) is 10. The van der Waals surface area contributed by atoms with Gasteiger partial charge in [-0.1, -0.05) is 11.6 Å². The van der Waals surface area contributed by atoms with Gasteiger partial charge in [0.2, 0.25) is 5.78 Å².